The molecule has 2 aliphatic rings. The van der Waals surface area contributed by atoms with E-state index in [0.717, 1.165) is 22.2 Å². The highest BCUT2D eigenvalue weighted by Crippen LogP contribution is 2.45. The van der Waals surface area contributed by atoms with Crippen molar-refractivity contribution in [3.8, 4) is 0 Å². The number of carbonyl (C=O) groups is 1. The highest BCUT2D eigenvalue weighted by Gasteiger charge is 2.42. The van der Waals surface area contributed by atoms with E-state index in [-0.39, 0.29) is 29.4 Å². The first kappa shape index (κ1) is 19.6. The van der Waals surface area contributed by atoms with Crippen LogP contribution in [-0.2, 0) is 14.6 Å². The average molecular weight is 443 g/mol. The van der Waals surface area contributed by atoms with Gasteiger partial charge in [0.15, 0.2) is 9.84 Å². The zero-order valence-corrected chi connectivity index (χ0v) is 18.2. The molecule has 3 aromatic rings. The highest BCUT2D eigenvalue weighted by atomic mass is 35.5. The molecular formula is C23H23ClN2O3S. The summed E-state index contributed by atoms with van der Waals surface area (Å²) in [5, 5.41) is 1.81. The van der Waals surface area contributed by atoms with Crippen molar-refractivity contribution in [3.05, 3.63) is 70.4 Å². The van der Waals surface area contributed by atoms with Crippen LogP contribution in [0.1, 0.15) is 42.1 Å². The first-order valence-electron chi connectivity index (χ1n) is 10.2. The summed E-state index contributed by atoms with van der Waals surface area (Å²) in [6, 6.07) is 15.7. The fourth-order valence-electron chi connectivity index (χ4n) is 5.01. The number of hydrogen-bond donors (Lipinski definition) is 1. The zero-order valence-electron chi connectivity index (χ0n) is 16.6. The lowest BCUT2D eigenvalue weighted by Crippen LogP contribution is -2.44. The summed E-state index contributed by atoms with van der Waals surface area (Å²) in [4.78, 5) is 18.8. The number of amides is 1. The lowest BCUT2D eigenvalue weighted by Gasteiger charge is -2.39. The second-order valence-electron chi connectivity index (χ2n) is 8.34. The molecule has 0 spiro atoms. The predicted molar refractivity (Wildman–Crippen MR) is 118 cm³/mol. The molecule has 1 amide bonds. The minimum absolute atomic E-state index is 0.0502. The molecule has 2 aliphatic heterocycles. The van der Waals surface area contributed by atoms with Gasteiger partial charge in [-0.3, -0.25) is 4.79 Å². The molecule has 1 N–H and O–H groups in total. The number of nitrogens with zero attached hydrogens (tertiary/aromatic N) is 1. The number of hydrogen-bond acceptors (Lipinski definition) is 3. The van der Waals surface area contributed by atoms with Crippen molar-refractivity contribution in [2.24, 2.45) is 5.92 Å². The van der Waals surface area contributed by atoms with Crippen molar-refractivity contribution in [2.75, 3.05) is 18.1 Å². The fraction of sp³-hybridized carbons (Fsp3) is 0.348. The van der Waals surface area contributed by atoms with Crippen LogP contribution in [0.3, 0.4) is 0 Å². The van der Waals surface area contributed by atoms with E-state index in [9.17, 15) is 13.2 Å². The van der Waals surface area contributed by atoms with E-state index in [2.05, 4.69) is 11.1 Å². The number of H-pyrrole nitrogens is 1. The largest absolute Gasteiger partial charge is 0.356 e. The molecule has 0 bridgehead atoms. The third-order valence-corrected chi connectivity index (χ3v) is 8.65. The normalized spacial score (nSPS) is 25.4. The van der Waals surface area contributed by atoms with Gasteiger partial charge in [-0.25, -0.2) is 8.42 Å². The van der Waals surface area contributed by atoms with Gasteiger partial charge in [0.05, 0.1) is 23.5 Å². The van der Waals surface area contributed by atoms with Crippen molar-refractivity contribution >= 4 is 38.2 Å². The van der Waals surface area contributed by atoms with Crippen LogP contribution in [-0.4, -0.2) is 42.3 Å². The van der Waals surface area contributed by atoms with E-state index in [1.807, 2.05) is 54.3 Å². The Morgan fingerprint density at radius 2 is 1.87 bits per heavy atom. The van der Waals surface area contributed by atoms with Crippen molar-refractivity contribution in [3.63, 3.8) is 0 Å². The molecule has 30 heavy (non-hydrogen) atoms. The van der Waals surface area contributed by atoms with Crippen LogP contribution >= 0.6 is 11.6 Å². The quantitative estimate of drug-likeness (QED) is 0.643. The molecule has 1 saturated heterocycles. The summed E-state index contributed by atoms with van der Waals surface area (Å²) in [6.45, 7) is 2.49. The smallest absolute Gasteiger partial charge is 0.227 e. The van der Waals surface area contributed by atoms with Crippen LogP contribution in [0, 0.1) is 5.92 Å². The molecule has 2 aromatic carbocycles. The van der Waals surface area contributed by atoms with Crippen LogP contribution in [0.4, 0.5) is 0 Å². The number of rotatable bonds is 2. The molecule has 0 saturated carbocycles. The zero-order chi connectivity index (χ0) is 21.0. The topological polar surface area (TPSA) is 70.2 Å². The summed E-state index contributed by atoms with van der Waals surface area (Å²) in [7, 11) is -3.13. The maximum atomic E-state index is 13.4. The Hall–Kier alpha value is -2.31. The van der Waals surface area contributed by atoms with Gasteiger partial charge in [0, 0.05) is 34.1 Å². The number of benzene rings is 2. The standard InChI is InChI=1S/C23H23ClN2O3S/c1-14-22-21(17-7-3-5-9-20(17)25-22)18(16-6-2-4-8-19(16)24)12-26(14)23(27)15-10-11-30(28,29)13-15/h2-9,14-15,18,25H,10-13H2,1H3. The second kappa shape index (κ2) is 7.13. The fourth-order valence-corrected chi connectivity index (χ4v) is 7.01. The number of sulfone groups is 1. The molecule has 0 aliphatic carbocycles. The van der Waals surface area contributed by atoms with Gasteiger partial charge in [-0.2, -0.15) is 0 Å². The molecular weight excluding hydrogens is 420 g/mol. The van der Waals surface area contributed by atoms with Crippen LogP contribution in [0.5, 0.6) is 0 Å². The summed E-state index contributed by atoms with van der Waals surface area (Å²) in [6.07, 6.45) is 0.403. The number of carbonyl (C=O) groups excluding carboxylic acids is 1. The minimum atomic E-state index is -3.13. The average Bonchev–Trinajstić information content (AvgIpc) is 3.29. The van der Waals surface area contributed by atoms with E-state index in [1.54, 1.807) is 0 Å². The Bertz CT molecular complexity index is 1250. The Morgan fingerprint density at radius 1 is 1.13 bits per heavy atom. The van der Waals surface area contributed by atoms with Gasteiger partial charge in [0.1, 0.15) is 0 Å². The van der Waals surface area contributed by atoms with E-state index in [4.69, 9.17) is 11.6 Å². The van der Waals surface area contributed by atoms with E-state index in [0.29, 0.717) is 18.0 Å². The van der Waals surface area contributed by atoms with Crippen LogP contribution < -0.4 is 0 Å². The van der Waals surface area contributed by atoms with Crippen molar-refractivity contribution in [1.82, 2.24) is 9.88 Å². The Balaban J connectivity index is 1.63. The second-order valence-corrected chi connectivity index (χ2v) is 11.0. The lowest BCUT2D eigenvalue weighted by atomic mass is 9.83. The van der Waals surface area contributed by atoms with Gasteiger partial charge in [-0.1, -0.05) is 48.0 Å². The summed E-state index contributed by atoms with van der Waals surface area (Å²) < 4.78 is 23.9. The maximum absolute atomic E-state index is 13.4. The van der Waals surface area contributed by atoms with Crippen molar-refractivity contribution < 1.29 is 13.2 Å². The van der Waals surface area contributed by atoms with Gasteiger partial charge in [0.2, 0.25) is 5.91 Å². The molecule has 0 radical (unpaired) electrons. The van der Waals surface area contributed by atoms with Crippen molar-refractivity contribution in [2.45, 2.75) is 25.3 Å². The van der Waals surface area contributed by atoms with E-state index < -0.39 is 15.8 Å². The van der Waals surface area contributed by atoms with E-state index in [1.165, 1.54) is 5.56 Å². The van der Waals surface area contributed by atoms with Gasteiger partial charge >= 0.3 is 0 Å². The summed E-state index contributed by atoms with van der Waals surface area (Å²) >= 11 is 6.58. The number of para-hydroxylation sites is 1. The lowest BCUT2D eigenvalue weighted by molar-refractivity contribution is -0.137. The third-order valence-electron chi connectivity index (χ3n) is 6.54. The molecule has 1 fully saturated rings. The van der Waals surface area contributed by atoms with Crippen LogP contribution in [0.2, 0.25) is 5.02 Å². The number of fused-ring (bicyclic) bond motifs is 3. The molecule has 5 rings (SSSR count). The summed E-state index contributed by atoms with van der Waals surface area (Å²) in [5.41, 5.74) is 4.19. The van der Waals surface area contributed by atoms with Crippen LogP contribution in [0.25, 0.3) is 10.9 Å². The number of nitrogens with one attached hydrogen (secondary N) is 1. The first-order valence-corrected chi connectivity index (χ1v) is 12.4. The molecule has 3 heterocycles. The van der Waals surface area contributed by atoms with Gasteiger partial charge in [-0.15, -0.1) is 0 Å². The van der Waals surface area contributed by atoms with Gasteiger partial charge < -0.3 is 9.88 Å². The number of halogens is 1. The number of aromatic amines is 1. The van der Waals surface area contributed by atoms with E-state index >= 15 is 0 Å². The molecule has 1 aromatic heterocycles. The molecule has 3 unspecified atom stereocenters. The van der Waals surface area contributed by atoms with Crippen molar-refractivity contribution in [1.29, 1.82) is 0 Å². The molecule has 5 nitrogen and oxygen atoms in total. The SMILES string of the molecule is CC1c2[nH]c3ccccc3c2C(c2ccccc2Cl)CN1C(=O)C1CCS(=O)(=O)C1. The Morgan fingerprint density at radius 3 is 2.60 bits per heavy atom. The monoisotopic (exact) mass is 442 g/mol. The third kappa shape index (κ3) is 3.13. The predicted octanol–water partition coefficient (Wildman–Crippen LogP) is 4.29. The van der Waals surface area contributed by atoms with Gasteiger partial charge in [-0.05, 0) is 36.6 Å². The minimum Gasteiger partial charge on any atom is -0.356 e. The molecule has 3 atom stereocenters. The Labute approximate surface area is 181 Å². The highest BCUT2D eigenvalue weighted by molar-refractivity contribution is 7.91. The van der Waals surface area contributed by atoms with Crippen LogP contribution in [0.15, 0.2) is 48.5 Å². The first-order chi connectivity index (χ1) is 14.4. The maximum Gasteiger partial charge on any atom is 0.227 e. The molecule has 7 heteroatoms. The summed E-state index contributed by atoms with van der Waals surface area (Å²) in [5.74, 6) is -0.578. The van der Waals surface area contributed by atoms with Gasteiger partial charge in [0.25, 0.3) is 0 Å². The Kier molecular flexibility index (Phi) is 4.67. The number of aromatic nitrogens is 1. The molecule has 156 valence electrons.